The van der Waals surface area contributed by atoms with Crippen molar-refractivity contribution in [3.8, 4) is 11.5 Å². The van der Waals surface area contributed by atoms with Gasteiger partial charge in [-0.15, -0.1) is 0 Å². The minimum absolute atomic E-state index is 0.0721. The average Bonchev–Trinajstić information content (AvgIpc) is 2.64. The van der Waals surface area contributed by atoms with Gasteiger partial charge in [-0.2, -0.15) is 0 Å². The van der Waals surface area contributed by atoms with Crippen molar-refractivity contribution in [2.24, 2.45) is 0 Å². The fourth-order valence-electron chi connectivity index (χ4n) is 2.46. The third kappa shape index (κ3) is 6.76. The number of ether oxygens (including phenoxy) is 2. The minimum atomic E-state index is -3.28. The lowest BCUT2D eigenvalue weighted by Gasteiger charge is -2.08. The maximum atomic E-state index is 12.1. The van der Waals surface area contributed by atoms with E-state index >= 15 is 0 Å². The highest BCUT2D eigenvalue weighted by molar-refractivity contribution is 7.89. The van der Waals surface area contributed by atoms with Gasteiger partial charge in [0.1, 0.15) is 11.5 Å². The molecule has 0 aliphatic heterocycles. The Balaban J connectivity index is 1.73. The van der Waals surface area contributed by atoms with Crippen molar-refractivity contribution in [1.82, 2.24) is 4.72 Å². The first kappa shape index (κ1) is 19.3. The van der Waals surface area contributed by atoms with Crippen LogP contribution < -0.4 is 14.2 Å². The third-order valence-corrected chi connectivity index (χ3v) is 5.30. The molecule has 0 spiro atoms. The first-order valence-electron chi connectivity index (χ1n) is 8.25. The summed E-state index contributed by atoms with van der Waals surface area (Å²) in [6.45, 7) is 0.437. The molecule has 1 N–H and O–H groups in total. The Morgan fingerprint density at radius 3 is 2.28 bits per heavy atom. The summed E-state index contributed by atoms with van der Waals surface area (Å²) in [6.07, 6.45) is 2.04. The smallest absolute Gasteiger partial charge is 0.211 e. The number of sulfonamides is 1. The second-order valence-electron chi connectivity index (χ2n) is 5.77. The molecule has 0 heterocycles. The topological polar surface area (TPSA) is 64.6 Å². The van der Waals surface area contributed by atoms with E-state index < -0.39 is 10.0 Å². The van der Waals surface area contributed by atoms with Gasteiger partial charge in [0.05, 0.1) is 20.0 Å². The lowest BCUT2D eigenvalue weighted by Crippen LogP contribution is -2.28. The van der Waals surface area contributed by atoms with Crippen molar-refractivity contribution in [3.63, 3.8) is 0 Å². The number of hydrogen-bond acceptors (Lipinski definition) is 4. The highest BCUT2D eigenvalue weighted by Crippen LogP contribution is 2.14. The van der Waals surface area contributed by atoms with Crippen molar-refractivity contribution in [3.05, 3.63) is 59.7 Å². The number of hydrogen-bond donors (Lipinski definition) is 1. The molecule has 0 aliphatic carbocycles. The first-order valence-corrected chi connectivity index (χ1v) is 9.91. The van der Waals surface area contributed by atoms with Gasteiger partial charge in [-0.1, -0.05) is 24.3 Å². The molecular weight excluding hydrogens is 338 g/mol. The van der Waals surface area contributed by atoms with Gasteiger partial charge in [-0.05, 0) is 54.7 Å². The molecule has 5 nitrogen and oxygen atoms in total. The zero-order chi connectivity index (χ0) is 18.1. The summed E-state index contributed by atoms with van der Waals surface area (Å²) in [5.74, 6) is 1.63. The van der Waals surface area contributed by atoms with E-state index in [9.17, 15) is 8.42 Å². The molecule has 2 rings (SSSR count). The van der Waals surface area contributed by atoms with E-state index in [0.29, 0.717) is 13.0 Å². The SMILES string of the molecule is COc1ccc(CCCNS(=O)(=O)CCc2cccc(OC)c2)cc1. The summed E-state index contributed by atoms with van der Waals surface area (Å²) in [7, 11) is -0.0436. The highest BCUT2D eigenvalue weighted by atomic mass is 32.2. The molecule has 0 aliphatic rings. The summed E-state index contributed by atoms with van der Waals surface area (Å²) in [5.41, 5.74) is 2.11. The summed E-state index contributed by atoms with van der Waals surface area (Å²) < 4.78 is 37.1. The van der Waals surface area contributed by atoms with Crippen LogP contribution in [0.4, 0.5) is 0 Å². The Bertz CT molecular complexity index is 757. The molecule has 6 heteroatoms. The zero-order valence-corrected chi connectivity index (χ0v) is 15.5. The van der Waals surface area contributed by atoms with Crippen LogP contribution in [0.2, 0.25) is 0 Å². The van der Waals surface area contributed by atoms with E-state index in [-0.39, 0.29) is 5.75 Å². The summed E-state index contributed by atoms with van der Waals surface area (Å²) in [6, 6.07) is 15.3. The monoisotopic (exact) mass is 363 g/mol. The van der Waals surface area contributed by atoms with Gasteiger partial charge >= 0.3 is 0 Å². The van der Waals surface area contributed by atoms with Crippen LogP contribution in [0, 0.1) is 0 Å². The predicted molar refractivity (Wildman–Crippen MR) is 99.8 cm³/mol. The number of benzene rings is 2. The van der Waals surface area contributed by atoms with Gasteiger partial charge < -0.3 is 9.47 Å². The Morgan fingerprint density at radius 1 is 0.880 bits per heavy atom. The fourth-order valence-corrected chi connectivity index (χ4v) is 3.57. The molecule has 2 aromatic rings. The predicted octanol–water partition coefficient (Wildman–Crippen LogP) is 2.80. The molecule has 0 atom stereocenters. The van der Waals surface area contributed by atoms with Crippen LogP contribution in [0.15, 0.2) is 48.5 Å². The van der Waals surface area contributed by atoms with E-state index in [4.69, 9.17) is 9.47 Å². The maximum Gasteiger partial charge on any atom is 0.211 e. The van der Waals surface area contributed by atoms with E-state index in [1.807, 2.05) is 48.5 Å². The van der Waals surface area contributed by atoms with Crippen LogP contribution in [0.5, 0.6) is 11.5 Å². The molecule has 0 bridgehead atoms. The summed E-state index contributed by atoms with van der Waals surface area (Å²) in [4.78, 5) is 0. The third-order valence-electron chi connectivity index (χ3n) is 3.92. The number of nitrogens with one attached hydrogen (secondary N) is 1. The van der Waals surface area contributed by atoms with E-state index in [1.54, 1.807) is 14.2 Å². The van der Waals surface area contributed by atoms with Gasteiger partial charge in [-0.25, -0.2) is 13.1 Å². The number of rotatable bonds is 10. The highest BCUT2D eigenvalue weighted by Gasteiger charge is 2.10. The number of methoxy groups -OCH3 is 2. The molecular formula is C19H25NO4S. The first-order chi connectivity index (χ1) is 12.0. The molecule has 136 valence electrons. The Kier molecular flexibility index (Phi) is 7.28. The van der Waals surface area contributed by atoms with Crippen LogP contribution in [0.25, 0.3) is 0 Å². The summed E-state index contributed by atoms with van der Waals surface area (Å²) >= 11 is 0. The van der Waals surface area contributed by atoms with Gasteiger partial charge in [0.15, 0.2) is 0 Å². The molecule has 0 radical (unpaired) electrons. The lowest BCUT2D eigenvalue weighted by molar-refractivity contribution is 0.414. The normalized spacial score (nSPS) is 11.3. The van der Waals surface area contributed by atoms with Crippen molar-refractivity contribution in [2.45, 2.75) is 19.3 Å². The molecule has 0 saturated heterocycles. The van der Waals surface area contributed by atoms with Crippen LogP contribution in [-0.2, 0) is 22.9 Å². The van der Waals surface area contributed by atoms with Gasteiger partial charge in [0.2, 0.25) is 10.0 Å². The number of aryl methyl sites for hydroxylation is 2. The Morgan fingerprint density at radius 2 is 1.60 bits per heavy atom. The van der Waals surface area contributed by atoms with E-state index in [1.165, 1.54) is 0 Å². The van der Waals surface area contributed by atoms with Gasteiger partial charge in [-0.3, -0.25) is 0 Å². The van der Waals surface area contributed by atoms with E-state index in [2.05, 4.69) is 4.72 Å². The molecule has 0 unspecified atom stereocenters. The molecule has 0 fully saturated rings. The molecule has 0 aromatic heterocycles. The van der Waals surface area contributed by atoms with Crippen molar-refractivity contribution >= 4 is 10.0 Å². The lowest BCUT2D eigenvalue weighted by atomic mass is 10.1. The van der Waals surface area contributed by atoms with Crippen LogP contribution in [0.3, 0.4) is 0 Å². The van der Waals surface area contributed by atoms with Gasteiger partial charge in [0, 0.05) is 6.54 Å². The second-order valence-corrected chi connectivity index (χ2v) is 7.69. The van der Waals surface area contributed by atoms with Crippen LogP contribution in [0.1, 0.15) is 17.5 Å². The van der Waals surface area contributed by atoms with E-state index in [0.717, 1.165) is 35.5 Å². The van der Waals surface area contributed by atoms with Gasteiger partial charge in [0.25, 0.3) is 0 Å². The maximum absolute atomic E-state index is 12.1. The zero-order valence-electron chi connectivity index (χ0n) is 14.7. The van der Waals surface area contributed by atoms with Crippen LogP contribution in [-0.4, -0.2) is 34.9 Å². The summed E-state index contributed by atoms with van der Waals surface area (Å²) in [5, 5.41) is 0. The van der Waals surface area contributed by atoms with Crippen molar-refractivity contribution in [1.29, 1.82) is 0 Å². The standard InChI is InChI=1S/C19H25NO4S/c1-23-18-10-8-16(9-11-18)6-4-13-20-25(21,22)14-12-17-5-3-7-19(15-17)24-2/h3,5,7-11,15,20H,4,6,12-14H2,1-2H3. The second kappa shape index (κ2) is 9.44. The quantitative estimate of drug-likeness (QED) is 0.659. The Labute approximate surface area is 150 Å². The average molecular weight is 363 g/mol. The molecule has 25 heavy (non-hydrogen) atoms. The molecule has 2 aromatic carbocycles. The van der Waals surface area contributed by atoms with Crippen molar-refractivity contribution < 1.29 is 17.9 Å². The minimum Gasteiger partial charge on any atom is -0.497 e. The largest absolute Gasteiger partial charge is 0.497 e. The fraction of sp³-hybridized carbons (Fsp3) is 0.368. The molecule has 0 amide bonds. The molecule has 0 saturated carbocycles. The Hall–Kier alpha value is -2.05. The van der Waals surface area contributed by atoms with Crippen molar-refractivity contribution in [2.75, 3.05) is 26.5 Å². The van der Waals surface area contributed by atoms with Crippen LogP contribution >= 0.6 is 0 Å².